The van der Waals surface area contributed by atoms with E-state index < -0.39 is 6.09 Å². The summed E-state index contributed by atoms with van der Waals surface area (Å²) in [5, 5.41) is 9.12. The molecule has 1 fully saturated rings. The first-order chi connectivity index (χ1) is 11.5. The van der Waals surface area contributed by atoms with Gasteiger partial charge in [0.15, 0.2) is 5.84 Å². The SMILES string of the molecule is N/C(=N\C(=O)O)c1ncnc(-c2ccc(OC3CC3)c(Cl)c2)c1N. The van der Waals surface area contributed by atoms with E-state index in [4.69, 9.17) is 32.9 Å². The molecule has 0 atom stereocenters. The zero-order valence-corrected chi connectivity index (χ0v) is 13.2. The van der Waals surface area contributed by atoms with Crippen LogP contribution in [0.4, 0.5) is 10.5 Å². The van der Waals surface area contributed by atoms with E-state index in [1.807, 2.05) is 0 Å². The van der Waals surface area contributed by atoms with Gasteiger partial charge in [-0.25, -0.2) is 14.8 Å². The fourth-order valence-corrected chi connectivity index (χ4v) is 2.32. The Morgan fingerprint density at radius 3 is 2.75 bits per heavy atom. The van der Waals surface area contributed by atoms with Gasteiger partial charge in [-0.15, -0.1) is 0 Å². The Morgan fingerprint density at radius 2 is 2.12 bits per heavy atom. The number of nitrogens with zero attached hydrogens (tertiary/aromatic N) is 3. The molecule has 124 valence electrons. The van der Waals surface area contributed by atoms with Gasteiger partial charge in [-0.3, -0.25) is 0 Å². The number of hydrogen-bond donors (Lipinski definition) is 3. The van der Waals surface area contributed by atoms with E-state index in [1.165, 1.54) is 6.33 Å². The third kappa shape index (κ3) is 3.38. The quantitative estimate of drug-likeness (QED) is 0.570. The van der Waals surface area contributed by atoms with Crippen molar-refractivity contribution in [2.24, 2.45) is 10.7 Å². The molecule has 0 unspecified atom stereocenters. The first-order valence-corrected chi connectivity index (χ1v) is 7.48. The van der Waals surface area contributed by atoms with Crippen molar-refractivity contribution >= 4 is 29.2 Å². The van der Waals surface area contributed by atoms with Gasteiger partial charge in [-0.1, -0.05) is 11.6 Å². The fourth-order valence-electron chi connectivity index (χ4n) is 2.09. The van der Waals surface area contributed by atoms with Crippen LogP contribution in [-0.4, -0.2) is 33.1 Å². The third-order valence-electron chi connectivity index (χ3n) is 3.37. The molecule has 8 nitrogen and oxygen atoms in total. The highest BCUT2D eigenvalue weighted by molar-refractivity contribution is 6.32. The van der Waals surface area contributed by atoms with Crippen LogP contribution in [0.15, 0.2) is 29.5 Å². The van der Waals surface area contributed by atoms with Crippen LogP contribution in [-0.2, 0) is 0 Å². The van der Waals surface area contributed by atoms with Crippen molar-refractivity contribution in [2.45, 2.75) is 18.9 Å². The molecule has 1 aliphatic rings. The van der Waals surface area contributed by atoms with Crippen LogP contribution in [0.2, 0.25) is 5.02 Å². The number of anilines is 1. The maximum atomic E-state index is 10.6. The van der Waals surface area contributed by atoms with Crippen molar-refractivity contribution in [3.05, 3.63) is 35.2 Å². The first-order valence-electron chi connectivity index (χ1n) is 7.10. The number of amidine groups is 1. The Morgan fingerprint density at radius 1 is 1.38 bits per heavy atom. The van der Waals surface area contributed by atoms with Gasteiger partial charge in [0.05, 0.1) is 22.5 Å². The van der Waals surface area contributed by atoms with Gasteiger partial charge in [0.2, 0.25) is 0 Å². The largest absolute Gasteiger partial charge is 0.489 e. The molecule has 9 heteroatoms. The summed E-state index contributed by atoms with van der Waals surface area (Å²) in [4.78, 5) is 21.9. The molecule has 1 amide bonds. The number of aromatic nitrogens is 2. The van der Waals surface area contributed by atoms with Crippen molar-refractivity contribution in [1.29, 1.82) is 0 Å². The minimum absolute atomic E-state index is 0.0526. The molecule has 0 bridgehead atoms. The molecule has 1 aliphatic carbocycles. The molecule has 24 heavy (non-hydrogen) atoms. The normalized spacial score (nSPS) is 14.5. The van der Waals surface area contributed by atoms with E-state index in [0.717, 1.165) is 12.8 Å². The topological polar surface area (TPSA) is 137 Å². The standard InChI is InChI=1S/C15H14ClN5O3/c16-9-5-7(1-4-10(9)24-8-2-3-8)12-11(17)13(20-6-19-12)14(18)21-15(22)23/h1,4-6,8H,2-3,17H2,(H2,18,21)(H,22,23). The molecule has 3 rings (SSSR count). The second-order valence-electron chi connectivity index (χ2n) is 5.23. The van der Waals surface area contributed by atoms with Crippen LogP contribution in [0.1, 0.15) is 18.5 Å². The van der Waals surface area contributed by atoms with Crippen LogP contribution in [0.25, 0.3) is 11.3 Å². The van der Waals surface area contributed by atoms with Gasteiger partial charge in [0.25, 0.3) is 0 Å². The maximum absolute atomic E-state index is 10.6. The van der Waals surface area contributed by atoms with Crippen molar-refractivity contribution in [2.75, 3.05) is 5.73 Å². The van der Waals surface area contributed by atoms with Gasteiger partial charge in [-0.05, 0) is 31.0 Å². The highest BCUT2D eigenvalue weighted by Crippen LogP contribution is 2.35. The molecule has 1 aromatic carbocycles. The number of halogens is 1. The van der Waals surface area contributed by atoms with Gasteiger partial charge < -0.3 is 21.3 Å². The number of amides is 1. The molecule has 2 aromatic rings. The predicted octanol–water partition coefficient (Wildman–Crippen LogP) is 2.30. The van der Waals surface area contributed by atoms with Gasteiger partial charge in [0, 0.05) is 5.56 Å². The Labute approximate surface area is 142 Å². The summed E-state index contributed by atoms with van der Waals surface area (Å²) < 4.78 is 5.68. The number of benzene rings is 1. The number of nitrogen functional groups attached to an aromatic ring is 1. The predicted molar refractivity (Wildman–Crippen MR) is 89.3 cm³/mol. The second kappa shape index (κ2) is 6.32. The number of nitrogens with two attached hydrogens (primary N) is 2. The van der Waals surface area contributed by atoms with Gasteiger partial charge in [-0.2, -0.15) is 4.99 Å². The fraction of sp³-hybridized carbons (Fsp3) is 0.200. The average Bonchev–Trinajstić information content (AvgIpc) is 3.33. The smallest absolute Gasteiger partial charge is 0.433 e. The zero-order valence-electron chi connectivity index (χ0n) is 12.4. The summed E-state index contributed by atoms with van der Waals surface area (Å²) in [6, 6.07) is 5.18. The lowest BCUT2D eigenvalue weighted by Crippen LogP contribution is -2.19. The Kier molecular flexibility index (Phi) is 4.22. The Hall–Kier alpha value is -2.87. The van der Waals surface area contributed by atoms with Gasteiger partial charge in [0.1, 0.15) is 17.8 Å². The molecular formula is C15H14ClN5O3. The van der Waals surface area contributed by atoms with E-state index in [2.05, 4.69) is 15.0 Å². The van der Waals surface area contributed by atoms with E-state index in [1.54, 1.807) is 18.2 Å². The molecule has 5 N–H and O–H groups in total. The lowest BCUT2D eigenvalue weighted by atomic mass is 10.1. The number of carbonyl (C=O) groups is 1. The highest BCUT2D eigenvalue weighted by atomic mass is 35.5. The van der Waals surface area contributed by atoms with E-state index in [9.17, 15) is 4.79 Å². The second-order valence-corrected chi connectivity index (χ2v) is 5.63. The first kappa shape index (κ1) is 16.0. The minimum Gasteiger partial charge on any atom is -0.489 e. The third-order valence-corrected chi connectivity index (χ3v) is 3.66. The number of aliphatic imine (C=N–C) groups is 1. The number of hydrogen-bond acceptors (Lipinski definition) is 5. The van der Waals surface area contributed by atoms with Crippen LogP contribution in [0, 0.1) is 0 Å². The molecule has 0 aliphatic heterocycles. The summed E-state index contributed by atoms with van der Waals surface area (Å²) in [6.07, 6.45) is 2.09. The van der Waals surface area contributed by atoms with Crippen molar-refractivity contribution < 1.29 is 14.6 Å². The number of rotatable bonds is 4. The zero-order chi connectivity index (χ0) is 17.3. The molecule has 0 radical (unpaired) electrons. The summed E-state index contributed by atoms with van der Waals surface area (Å²) in [6.45, 7) is 0. The van der Waals surface area contributed by atoms with Crippen LogP contribution in [0.3, 0.4) is 0 Å². The van der Waals surface area contributed by atoms with Crippen LogP contribution in [0.5, 0.6) is 5.75 Å². The molecule has 0 spiro atoms. The summed E-state index contributed by atoms with van der Waals surface area (Å²) >= 11 is 6.24. The van der Waals surface area contributed by atoms with E-state index in [-0.39, 0.29) is 23.3 Å². The molecule has 1 aromatic heterocycles. The van der Waals surface area contributed by atoms with Gasteiger partial charge >= 0.3 is 6.09 Å². The maximum Gasteiger partial charge on any atom is 0.433 e. The molecule has 0 saturated heterocycles. The lowest BCUT2D eigenvalue weighted by molar-refractivity contribution is 0.205. The number of ether oxygens (including phenoxy) is 1. The van der Waals surface area contributed by atoms with Crippen molar-refractivity contribution in [3.63, 3.8) is 0 Å². The molecule has 1 saturated carbocycles. The summed E-state index contributed by atoms with van der Waals surface area (Å²) in [5.74, 6) is 0.297. The highest BCUT2D eigenvalue weighted by Gasteiger charge is 2.24. The van der Waals surface area contributed by atoms with E-state index in [0.29, 0.717) is 22.0 Å². The molecule has 1 heterocycles. The summed E-state index contributed by atoms with van der Waals surface area (Å²) in [7, 11) is 0. The van der Waals surface area contributed by atoms with Crippen LogP contribution < -0.4 is 16.2 Å². The summed E-state index contributed by atoms with van der Waals surface area (Å²) in [5.41, 5.74) is 12.8. The number of carboxylic acid groups (broad SMARTS) is 1. The van der Waals surface area contributed by atoms with Crippen molar-refractivity contribution in [1.82, 2.24) is 9.97 Å². The lowest BCUT2D eigenvalue weighted by Gasteiger charge is -2.11. The Bertz CT molecular complexity index is 836. The Balaban J connectivity index is 1.97. The average molecular weight is 348 g/mol. The van der Waals surface area contributed by atoms with Crippen molar-refractivity contribution in [3.8, 4) is 17.0 Å². The van der Waals surface area contributed by atoms with Crippen LogP contribution >= 0.6 is 11.6 Å². The van der Waals surface area contributed by atoms with E-state index >= 15 is 0 Å². The minimum atomic E-state index is -1.43. The molecular weight excluding hydrogens is 334 g/mol. The monoisotopic (exact) mass is 347 g/mol.